The van der Waals surface area contributed by atoms with Gasteiger partial charge in [0.1, 0.15) is 6.10 Å². The Morgan fingerprint density at radius 2 is 1.70 bits per heavy atom. The van der Waals surface area contributed by atoms with Gasteiger partial charge in [-0.05, 0) is 47.5 Å². The molecule has 0 radical (unpaired) electrons. The summed E-state index contributed by atoms with van der Waals surface area (Å²) in [6.45, 7) is 15.0. The zero-order valence-corrected chi connectivity index (χ0v) is 14.4. The lowest BCUT2D eigenvalue weighted by molar-refractivity contribution is -0.165. The minimum absolute atomic E-state index is 0.0136. The van der Waals surface area contributed by atoms with E-state index < -0.39 is 0 Å². The number of carbonyl (C=O) groups is 1. The van der Waals surface area contributed by atoms with Crippen LogP contribution in [0.3, 0.4) is 0 Å². The second kappa shape index (κ2) is 6.05. The summed E-state index contributed by atoms with van der Waals surface area (Å²) in [5.74, 6) is -0.0136. The summed E-state index contributed by atoms with van der Waals surface area (Å²) in [5, 5.41) is 3.62. The average molecular weight is 283 g/mol. The third-order valence-corrected chi connectivity index (χ3v) is 4.50. The standard InChI is InChI=1S/C17H33NO2/c1-8-10-17(7,9-2)14(19)20-13-11-15(3,4)18-16(5,6)12-13/h13,18H,8-12H2,1-7H3. The van der Waals surface area contributed by atoms with Crippen molar-refractivity contribution in [2.75, 3.05) is 0 Å². The van der Waals surface area contributed by atoms with E-state index in [1.165, 1.54) is 0 Å². The Labute approximate surface area is 124 Å². The van der Waals surface area contributed by atoms with Gasteiger partial charge in [0, 0.05) is 23.9 Å². The second-order valence-electron chi connectivity index (χ2n) is 7.99. The number of rotatable bonds is 5. The minimum atomic E-state index is -0.325. The Balaban J connectivity index is 2.74. The smallest absolute Gasteiger partial charge is 0.312 e. The molecule has 1 aliphatic heterocycles. The lowest BCUT2D eigenvalue weighted by Crippen LogP contribution is -2.60. The van der Waals surface area contributed by atoms with Crippen molar-refractivity contribution >= 4 is 5.97 Å². The van der Waals surface area contributed by atoms with Gasteiger partial charge < -0.3 is 10.1 Å². The number of ether oxygens (including phenoxy) is 1. The fourth-order valence-electron chi connectivity index (χ4n) is 3.58. The topological polar surface area (TPSA) is 38.3 Å². The number of carbonyl (C=O) groups excluding carboxylic acids is 1. The minimum Gasteiger partial charge on any atom is -0.462 e. The summed E-state index contributed by atoms with van der Waals surface area (Å²) in [5.41, 5.74) is -0.298. The molecule has 118 valence electrons. The van der Waals surface area contributed by atoms with Crippen molar-refractivity contribution in [3.8, 4) is 0 Å². The zero-order valence-electron chi connectivity index (χ0n) is 14.4. The first-order valence-corrected chi connectivity index (χ1v) is 8.04. The number of piperidine rings is 1. The highest BCUT2D eigenvalue weighted by Gasteiger charge is 2.41. The first-order valence-electron chi connectivity index (χ1n) is 8.04. The summed E-state index contributed by atoms with van der Waals surface area (Å²) in [4.78, 5) is 12.5. The van der Waals surface area contributed by atoms with Crippen LogP contribution >= 0.6 is 0 Å². The molecule has 0 saturated carbocycles. The van der Waals surface area contributed by atoms with Gasteiger partial charge in [-0.25, -0.2) is 0 Å². The first kappa shape index (κ1) is 17.5. The normalized spacial score (nSPS) is 24.9. The van der Waals surface area contributed by atoms with Crippen LogP contribution in [0.5, 0.6) is 0 Å². The van der Waals surface area contributed by atoms with Crippen molar-refractivity contribution in [3.05, 3.63) is 0 Å². The van der Waals surface area contributed by atoms with Gasteiger partial charge in [-0.15, -0.1) is 0 Å². The lowest BCUT2D eigenvalue weighted by Gasteiger charge is -2.46. The molecule has 1 aliphatic rings. The Kier molecular flexibility index (Phi) is 5.29. The summed E-state index contributed by atoms with van der Waals surface area (Å²) >= 11 is 0. The monoisotopic (exact) mass is 283 g/mol. The summed E-state index contributed by atoms with van der Waals surface area (Å²) in [6.07, 6.45) is 4.55. The first-order chi connectivity index (χ1) is 9.03. The molecule has 3 nitrogen and oxygen atoms in total. The fourth-order valence-corrected chi connectivity index (χ4v) is 3.58. The molecule has 20 heavy (non-hydrogen) atoms. The van der Waals surface area contributed by atoms with E-state index in [4.69, 9.17) is 4.74 Å². The lowest BCUT2D eigenvalue weighted by atomic mass is 9.80. The largest absolute Gasteiger partial charge is 0.462 e. The van der Waals surface area contributed by atoms with Gasteiger partial charge in [-0.2, -0.15) is 0 Å². The highest BCUT2D eigenvalue weighted by molar-refractivity contribution is 5.76. The van der Waals surface area contributed by atoms with Gasteiger partial charge in [-0.1, -0.05) is 20.3 Å². The molecule has 0 aromatic rings. The third-order valence-electron chi connectivity index (χ3n) is 4.50. The van der Waals surface area contributed by atoms with E-state index >= 15 is 0 Å². The van der Waals surface area contributed by atoms with E-state index in [1.54, 1.807) is 0 Å². The van der Waals surface area contributed by atoms with Crippen LogP contribution < -0.4 is 5.32 Å². The molecule has 0 aromatic heterocycles. The van der Waals surface area contributed by atoms with E-state index in [2.05, 4.69) is 46.9 Å². The highest BCUT2D eigenvalue weighted by Crippen LogP contribution is 2.34. The second-order valence-corrected chi connectivity index (χ2v) is 7.99. The van der Waals surface area contributed by atoms with E-state index in [0.29, 0.717) is 0 Å². The van der Waals surface area contributed by atoms with E-state index in [9.17, 15) is 4.79 Å². The van der Waals surface area contributed by atoms with Crippen LogP contribution in [-0.4, -0.2) is 23.2 Å². The maximum absolute atomic E-state index is 12.5. The van der Waals surface area contributed by atoms with Crippen LogP contribution in [0.2, 0.25) is 0 Å². The van der Waals surface area contributed by atoms with Gasteiger partial charge in [0.2, 0.25) is 0 Å². The van der Waals surface area contributed by atoms with Gasteiger partial charge in [0.15, 0.2) is 0 Å². The quantitative estimate of drug-likeness (QED) is 0.773. The molecule has 1 heterocycles. The molecule has 1 N–H and O–H groups in total. The van der Waals surface area contributed by atoms with Gasteiger partial charge in [0.05, 0.1) is 5.41 Å². The Hall–Kier alpha value is -0.570. The van der Waals surface area contributed by atoms with E-state index in [-0.39, 0.29) is 28.6 Å². The molecule has 1 rings (SSSR count). The van der Waals surface area contributed by atoms with Crippen molar-refractivity contribution in [2.45, 2.75) is 97.8 Å². The molecule has 1 saturated heterocycles. The summed E-state index contributed by atoms with van der Waals surface area (Å²) in [6, 6.07) is 0. The van der Waals surface area contributed by atoms with Crippen molar-refractivity contribution < 1.29 is 9.53 Å². The fraction of sp³-hybridized carbons (Fsp3) is 0.941. The number of hydrogen-bond donors (Lipinski definition) is 1. The summed E-state index contributed by atoms with van der Waals surface area (Å²) < 4.78 is 5.89. The van der Waals surface area contributed by atoms with Gasteiger partial charge >= 0.3 is 5.97 Å². The summed E-state index contributed by atoms with van der Waals surface area (Å²) in [7, 11) is 0. The molecular formula is C17H33NO2. The molecule has 0 aliphatic carbocycles. The molecule has 0 bridgehead atoms. The van der Waals surface area contributed by atoms with Crippen LogP contribution in [-0.2, 0) is 9.53 Å². The van der Waals surface area contributed by atoms with Crippen LogP contribution in [0.15, 0.2) is 0 Å². The number of esters is 1. The van der Waals surface area contributed by atoms with E-state index in [0.717, 1.165) is 32.1 Å². The molecular weight excluding hydrogens is 250 g/mol. The van der Waals surface area contributed by atoms with Crippen molar-refractivity contribution in [3.63, 3.8) is 0 Å². The molecule has 1 fully saturated rings. The van der Waals surface area contributed by atoms with Crippen molar-refractivity contribution in [1.82, 2.24) is 5.32 Å². The van der Waals surface area contributed by atoms with E-state index in [1.807, 2.05) is 6.92 Å². The Morgan fingerprint density at radius 1 is 1.20 bits per heavy atom. The van der Waals surface area contributed by atoms with Crippen LogP contribution in [0, 0.1) is 5.41 Å². The Morgan fingerprint density at radius 3 is 2.10 bits per heavy atom. The van der Waals surface area contributed by atoms with Crippen LogP contribution in [0.25, 0.3) is 0 Å². The third kappa shape index (κ3) is 4.47. The van der Waals surface area contributed by atoms with Gasteiger partial charge in [-0.3, -0.25) is 4.79 Å². The molecule has 0 amide bonds. The predicted octanol–water partition coefficient (Wildman–Crippen LogP) is 4.06. The predicted molar refractivity (Wildman–Crippen MR) is 83.7 cm³/mol. The maximum Gasteiger partial charge on any atom is 0.312 e. The zero-order chi connectivity index (χ0) is 15.6. The molecule has 1 atom stereocenters. The average Bonchev–Trinajstić information content (AvgIpc) is 2.24. The van der Waals surface area contributed by atoms with Crippen molar-refractivity contribution in [1.29, 1.82) is 0 Å². The van der Waals surface area contributed by atoms with Crippen molar-refractivity contribution in [2.24, 2.45) is 5.41 Å². The molecule has 0 spiro atoms. The SMILES string of the molecule is CCCC(C)(CC)C(=O)OC1CC(C)(C)NC(C)(C)C1. The molecule has 1 unspecified atom stereocenters. The van der Waals surface area contributed by atoms with Crippen LogP contribution in [0.4, 0.5) is 0 Å². The highest BCUT2D eigenvalue weighted by atomic mass is 16.5. The number of hydrogen-bond acceptors (Lipinski definition) is 3. The molecule has 3 heteroatoms. The number of nitrogens with one attached hydrogen (secondary N) is 1. The Bertz CT molecular complexity index is 333. The molecule has 0 aromatic carbocycles. The maximum atomic E-state index is 12.5. The van der Waals surface area contributed by atoms with Crippen LogP contribution in [0.1, 0.15) is 80.6 Å². The van der Waals surface area contributed by atoms with Gasteiger partial charge in [0.25, 0.3) is 0 Å².